The predicted octanol–water partition coefficient (Wildman–Crippen LogP) is 5.13. The number of para-hydroxylation sites is 3. The number of hydrogen-bond donors (Lipinski definition) is 1. The highest BCUT2D eigenvalue weighted by molar-refractivity contribution is 6.30. The summed E-state index contributed by atoms with van der Waals surface area (Å²) in [6.07, 6.45) is 1.50. The molecule has 0 saturated heterocycles. The molecule has 0 aliphatic heterocycles. The Morgan fingerprint density at radius 1 is 1.00 bits per heavy atom. The van der Waals surface area contributed by atoms with Crippen molar-refractivity contribution in [1.29, 1.82) is 0 Å². The van der Waals surface area contributed by atoms with Gasteiger partial charge >= 0.3 is 0 Å². The molecule has 4 aromatic rings. The molecule has 0 aliphatic rings. The van der Waals surface area contributed by atoms with Gasteiger partial charge in [-0.3, -0.25) is 4.79 Å². The smallest absolute Gasteiger partial charge is 0.251 e. The number of benzene rings is 3. The van der Waals surface area contributed by atoms with Crippen LogP contribution in [-0.2, 0) is 13.0 Å². The van der Waals surface area contributed by atoms with Crippen LogP contribution in [0.5, 0.6) is 5.75 Å². The van der Waals surface area contributed by atoms with Crippen molar-refractivity contribution in [1.82, 2.24) is 14.9 Å². The highest BCUT2D eigenvalue weighted by atomic mass is 35.5. The Balaban J connectivity index is 1.38. The lowest BCUT2D eigenvalue weighted by Gasteiger charge is -2.11. The molecule has 158 valence electrons. The molecule has 0 fully saturated rings. The van der Waals surface area contributed by atoms with E-state index in [1.54, 1.807) is 24.3 Å². The Hall–Kier alpha value is -3.31. The van der Waals surface area contributed by atoms with Crippen molar-refractivity contribution in [3.8, 4) is 5.75 Å². The number of halogens is 1. The molecule has 1 aromatic heterocycles. The summed E-state index contributed by atoms with van der Waals surface area (Å²) in [7, 11) is 0. The number of nitrogens with zero attached hydrogens (tertiary/aromatic N) is 2. The SMILES string of the molecule is O=C(NCCc1nc2ccccc2n1CCCOc1ccccc1)c1cccc(Cl)c1. The number of carbonyl (C=O) groups excluding carboxylic acids is 1. The molecule has 0 bridgehead atoms. The topological polar surface area (TPSA) is 56.2 Å². The molecule has 31 heavy (non-hydrogen) atoms. The van der Waals surface area contributed by atoms with Gasteiger partial charge in [0.15, 0.2) is 0 Å². The molecule has 0 aliphatic carbocycles. The first-order valence-corrected chi connectivity index (χ1v) is 10.7. The third-order valence-corrected chi connectivity index (χ3v) is 5.23. The highest BCUT2D eigenvalue weighted by Gasteiger charge is 2.11. The quantitative estimate of drug-likeness (QED) is 0.372. The third-order valence-electron chi connectivity index (χ3n) is 4.99. The van der Waals surface area contributed by atoms with Crippen molar-refractivity contribution in [3.05, 3.63) is 95.3 Å². The number of ether oxygens (including phenoxy) is 1. The fraction of sp³-hybridized carbons (Fsp3) is 0.200. The lowest BCUT2D eigenvalue weighted by atomic mass is 10.2. The van der Waals surface area contributed by atoms with E-state index in [2.05, 4.69) is 16.0 Å². The van der Waals surface area contributed by atoms with Gasteiger partial charge in [0.25, 0.3) is 5.91 Å². The Labute approximate surface area is 186 Å². The number of imidazole rings is 1. The Bertz CT molecular complexity index is 1160. The van der Waals surface area contributed by atoms with Crippen LogP contribution < -0.4 is 10.1 Å². The first kappa shape index (κ1) is 20.9. The van der Waals surface area contributed by atoms with Gasteiger partial charge in [-0.2, -0.15) is 0 Å². The molecule has 0 unspecified atom stereocenters. The van der Waals surface area contributed by atoms with Crippen LogP contribution in [0, 0.1) is 0 Å². The molecule has 1 N–H and O–H groups in total. The Morgan fingerprint density at radius 2 is 1.81 bits per heavy atom. The fourth-order valence-corrected chi connectivity index (χ4v) is 3.71. The summed E-state index contributed by atoms with van der Waals surface area (Å²) in [5, 5.41) is 3.51. The van der Waals surface area contributed by atoms with Crippen LogP contribution in [0.15, 0.2) is 78.9 Å². The number of carbonyl (C=O) groups is 1. The van der Waals surface area contributed by atoms with Crippen LogP contribution >= 0.6 is 11.6 Å². The molecule has 3 aromatic carbocycles. The fourth-order valence-electron chi connectivity index (χ4n) is 3.51. The van der Waals surface area contributed by atoms with Crippen molar-refractivity contribution < 1.29 is 9.53 Å². The van der Waals surface area contributed by atoms with Gasteiger partial charge < -0.3 is 14.6 Å². The van der Waals surface area contributed by atoms with Gasteiger partial charge in [-0.1, -0.05) is 48.0 Å². The van der Waals surface area contributed by atoms with Crippen LogP contribution in [0.25, 0.3) is 11.0 Å². The molecular weight excluding hydrogens is 410 g/mol. The van der Waals surface area contributed by atoms with Crippen molar-refractivity contribution in [2.75, 3.05) is 13.2 Å². The molecular formula is C25H24ClN3O2. The van der Waals surface area contributed by atoms with E-state index >= 15 is 0 Å². The van der Waals surface area contributed by atoms with E-state index in [1.807, 2.05) is 48.5 Å². The monoisotopic (exact) mass is 433 g/mol. The van der Waals surface area contributed by atoms with E-state index in [4.69, 9.17) is 21.3 Å². The average Bonchev–Trinajstić information content (AvgIpc) is 3.14. The molecule has 5 nitrogen and oxygen atoms in total. The molecule has 1 heterocycles. The van der Waals surface area contributed by atoms with E-state index in [0.29, 0.717) is 30.2 Å². The zero-order valence-corrected chi connectivity index (χ0v) is 17.9. The largest absolute Gasteiger partial charge is 0.494 e. The number of aryl methyl sites for hydroxylation is 1. The van der Waals surface area contributed by atoms with Crippen molar-refractivity contribution >= 4 is 28.5 Å². The van der Waals surface area contributed by atoms with Crippen molar-refractivity contribution in [2.45, 2.75) is 19.4 Å². The van der Waals surface area contributed by atoms with Gasteiger partial charge in [-0.25, -0.2) is 4.98 Å². The lowest BCUT2D eigenvalue weighted by molar-refractivity contribution is 0.0954. The van der Waals surface area contributed by atoms with Crippen LogP contribution in [-0.4, -0.2) is 28.6 Å². The second-order valence-electron chi connectivity index (χ2n) is 7.20. The first-order chi connectivity index (χ1) is 15.2. The normalized spacial score (nSPS) is 10.9. The molecule has 0 atom stereocenters. The minimum Gasteiger partial charge on any atom is -0.494 e. The zero-order valence-electron chi connectivity index (χ0n) is 17.1. The minimum absolute atomic E-state index is 0.138. The van der Waals surface area contributed by atoms with Gasteiger partial charge in [0.05, 0.1) is 17.6 Å². The summed E-state index contributed by atoms with van der Waals surface area (Å²) < 4.78 is 8.04. The molecule has 4 rings (SSSR count). The number of nitrogens with one attached hydrogen (secondary N) is 1. The summed E-state index contributed by atoms with van der Waals surface area (Å²) in [5.41, 5.74) is 2.61. The van der Waals surface area contributed by atoms with Gasteiger partial charge in [-0.05, 0) is 48.9 Å². The van der Waals surface area contributed by atoms with Gasteiger partial charge in [-0.15, -0.1) is 0 Å². The second kappa shape index (κ2) is 10.1. The van der Waals surface area contributed by atoms with Crippen LogP contribution in [0.2, 0.25) is 5.02 Å². The number of hydrogen-bond acceptors (Lipinski definition) is 3. The highest BCUT2D eigenvalue weighted by Crippen LogP contribution is 2.17. The van der Waals surface area contributed by atoms with E-state index in [9.17, 15) is 4.79 Å². The zero-order chi connectivity index (χ0) is 21.5. The van der Waals surface area contributed by atoms with Gasteiger partial charge in [0.2, 0.25) is 0 Å². The molecule has 0 spiro atoms. The summed E-state index contributed by atoms with van der Waals surface area (Å²) in [5.74, 6) is 1.69. The third kappa shape index (κ3) is 5.44. The summed E-state index contributed by atoms with van der Waals surface area (Å²) >= 11 is 5.98. The summed E-state index contributed by atoms with van der Waals surface area (Å²) in [6, 6.07) is 24.9. The summed E-state index contributed by atoms with van der Waals surface area (Å²) in [4.78, 5) is 17.2. The van der Waals surface area contributed by atoms with E-state index < -0.39 is 0 Å². The number of rotatable bonds is 9. The maximum Gasteiger partial charge on any atom is 0.251 e. The molecule has 6 heteroatoms. The Kier molecular flexibility index (Phi) is 6.85. The van der Waals surface area contributed by atoms with Crippen molar-refractivity contribution in [2.24, 2.45) is 0 Å². The van der Waals surface area contributed by atoms with E-state index in [-0.39, 0.29) is 5.91 Å². The maximum atomic E-state index is 12.4. The lowest BCUT2D eigenvalue weighted by Crippen LogP contribution is -2.26. The van der Waals surface area contributed by atoms with Crippen LogP contribution in [0.1, 0.15) is 22.6 Å². The Morgan fingerprint density at radius 3 is 2.65 bits per heavy atom. The standard InChI is InChI=1S/C25H24ClN3O2/c26-20-9-6-8-19(18-20)25(30)27-15-14-24-28-22-12-4-5-13-23(22)29(24)16-7-17-31-21-10-2-1-3-11-21/h1-6,8-13,18H,7,14-17H2,(H,27,30). The second-order valence-corrected chi connectivity index (χ2v) is 7.64. The van der Waals surface area contributed by atoms with Crippen LogP contribution in [0.3, 0.4) is 0 Å². The van der Waals surface area contributed by atoms with Gasteiger partial charge in [0.1, 0.15) is 11.6 Å². The van der Waals surface area contributed by atoms with Crippen molar-refractivity contribution in [3.63, 3.8) is 0 Å². The maximum absolute atomic E-state index is 12.4. The van der Waals surface area contributed by atoms with E-state index in [1.165, 1.54) is 0 Å². The van der Waals surface area contributed by atoms with E-state index in [0.717, 1.165) is 35.6 Å². The molecule has 1 amide bonds. The first-order valence-electron chi connectivity index (χ1n) is 10.4. The number of amides is 1. The number of aromatic nitrogens is 2. The minimum atomic E-state index is -0.138. The number of fused-ring (bicyclic) bond motifs is 1. The van der Waals surface area contributed by atoms with Crippen LogP contribution in [0.4, 0.5) is 0 Å². The predicted molar refractivity (Wildman–Crippen MR) is 124 cm³/mol. The summed E-state index contributed by atoms with van der Waals surface area (Å²) in [6.45, 7) is 1.92. The molecule has 0 radical (unpaired) electrons. The average molecular weight is 434 g/mol. The molecule has 0 saturated carbocycles. The van der Waals surface area contributed by atoms with Gasteiger partial charge in [0, 0.05) is 30.1 Å².